The second-order valence-electron chi connectivity index (χ2n) is 7.87. The molecule has 11 heteroatoms. The quantitative estimate of drug-likeness (QED) is 0.217. The summed E-state index contributed by atoms with van der Waals surface area (Å²) in [4.78, 5) is 21.9. The highest BCUT2D eigenvalue weighted by Gasteiger charge is 2.11. The number of aromatic carboxylic acids is 1. The van der Waals surface area contributed by atoms with Crippen molar-refractivity contribution >= 4 is 44.6 Å². The molecule has 6 N–H and O–H groups in total. The minimum Gasteiger partial charge on any atom is -0.476 e. The van der Waals surface area contributed by atoms with Crippen LogP contribution in [0.25, 0.3) is 32.7 Å². The number of benzene rings is 3. The van der Waals surface area contributed by atoms with E-state index >= 15 is 0 Å². The van der Waals surface area contributed by atoms with Gasteiger partial charge in [0.05, 0.1) is 22.2 Å². The van der Waals surface area contributed by atoms with Gasteiger partial charge in [-0.25, -0.2) is 4.79 Å². The average Bonchev–Trinajstić information content (AvgIpc) is 3.66. The number of hydrogen-bond donors (Lipinski definition) is 6. The van der Waals surface area contributed by atoms with E-state index in [2.05, 4.69) is 47.3 Å². The van der Waals surface area contributed by atoms with E-state index in [1.54, 1.807) is 25.2 Å². The number of aromatic amines is 3. The maximum atomic E-state index is 11.3. The van der Waals surface area contributed by atoms with Crippen molar-refractivity contribution in [2.45, 2.75) is 6.54 Å². The van der Waals surface area contributed by atoms with Crippen LogP contribution in [0.5, 0.6) is 0 Å². The minimum atomic E-state index is -1.01. The Morgan fingerprint density at radius 3 is 1.86 bits per heavy atom. The lowest BCUT2D eigenvalue weighted by atomic mass is 10.2. The fourth-order valence-corrected chi connectivity index (χ4v) is 3.71. The molecular weight excluding hydrogens is 472 g/mol. The molecule has 0 aliphatic carbocycles. The molecule has 3 heterocycles. The van der Waals surface area contributed by atoms with Crippen LogP contribution in [-0.4, -0.2) is 61.7 Å². The molecule has 0 saturated heterocycles. The number of fused-ring (bicyclic) bond motifs is 3. The van der Waals surface area contributed by atoms with E-state index in [0.717, 1.165) is 34.2 Å². The summed E-state index contributed by atoms with van der Waals surface area (Å²) < 4.78 is 0. The molecule has 0 fully saturated rings. The molecule has 0 aliphatic rings. The van der Waals surface area contributed by atoms with Crippen molar-refractivity contribution in [3.8, 4) is 0 Å². The number of amides is 1. The van der Waals surface area contributed by atoms with Crippen LogP contribution in [-0.2, 0) is 6.54 Å². The maximum Gasteiger partial charge on any atom is 0.357 e. The van der Waals surface area contributed by atoms with E-state index in [1.165, 1.54) is 5.39 Å². The summed E-state index contributed by atoms with van der Waals surface area (Å²) in [5.74, 6) is -1.18. The SMILES string of the molecule is CNC(=O)c1n[nH]c2ccccc12.CNCc1[nH]nc2ccccc12.O=C(O)c1n[nH]c2ccccc12. The van der Waals surface area contributed by atoms with Gasteiger partial charge in [-0.05, 0) is 25.2 Å². The first-order chi connectivity index (χ1) is 18.0. The third kappa shape index (κ3) is 5.63. The summed E-state index contributed by atoms with van der Waals surface area (Å²) in [6, 6.07) is 22.7. The number of H-pyrrole nitrogens is 3. The van der Waals surface area contributed by atoms with Crippen LogP contribution in [0.3, 0.4) is 0 Å². The standard InChI is InChI=1S/C9H9N3O.C9H11N3.C8H6N2O2/c1-10-9(13)8-6-4-2-3-5-7(6)11-12-8;1-10-6-9-7-4-2-3-5-8(7)11-12-9;11-8(12)7-5-3-1-2-4-6(5)9-10-7/h2-5H,1H3,(H,10,13)(H,11,12);2-5,10H,6H2,1H3,(H,11,12);1-4H,(H,9,10)(H,11,12). The Morgan fingerprint density at radius 1 is 0.730 bits per heavy atom. The van der Waals surface area contributed by atoms with Gasteiger partial charge in [0.25, 0.3) is 5.91 Å². The monoisotopic (exact) mass is 498 g/mol. The number of nitrogens with zero attached hydrogens (tertiary/aromatic N) is 3. The van der Waals surface area contributed by atoms with E-state index in [1.807, 2.05) is 55.6 Å². The summed E-state index contributed by atoms with van der Waals surface area (Å²) in [5.41, 5.74) is 4.32. The average molecular weight is 499 g/mol. The number of hydrogen-bond acceptors (Lipinski definition) is 6. The van der Waals surface area contributed by atoms with Gasteiger partial charge in [-0.1, -0.05) is 54.6 Å². The minimum absolute atomic E-state index is 0.0746. The molecule has 0 atom stereocenters. The van der Waals surface area contributed by atoms with Gasteiger partial charge in [-0.2, -0.15) is 15.3 Å². The lowest BCUT2D eigenvalue weighted by Crippen LogP contribution is -2.18. The molecule has 37 heavy (non-hydrogen) atoms. The van der Waals surface area contributed by atoms with Crippen LogP contribution >= 0.6 is 0 Å². The number of carbonyl (C=O) groups is 2. The van der Waals surface area contributed by atoms with Crippen molar-refractivity contribution in [2.24, 2.45) is 0 Å². The van der Waals surface area contributed by atoms with E-state index < -0.39 is 5.97 Å². The highest BCUT2D eigenvalue weighted by Crippen LogP contribution is 2.16. The molecule has 0 radical (unpaired) electrons. The van der Waals surface area contributed by atoms with Gasteiger partial charge in [0.1, 0.15) is 0 Å². The number of carboxylic acid groups (broad SMARTS) is 1. The predicted octanol–water partition coefficient (Wildman–Crippen LogP) is 3.47. The Morgan fingerprint density at radius 2 is 1.27 bits per heavy atom. The van der Waals surface area contributed by atoms with Gasteiger partial charge in [-0.3, -0.25) is 20.1 Å². The Balaban J connectivity index is 0.000000130. The molecular formula is C26H26N8O3. The zero-order valence-corrected chi connectivity index (χ0v) is 20.2. The molecule has 11 nitrogen and oxygen atoms in total. The van der Waals surface area contributed by atoms with Crippen LogP contribution in [0.2, 0.25) is 0 Å². The zero-order valence-electron chi connectivity index (χ0n) is 20.2. The summed E-state index contributed by atoms with van der Waals surface area (Å²) in [6.45, 7) is 0.834. The summed E-state index contributed by atoms with van der Waals surface area (Å²) in [6.07, 6.45) is 0. The largest absolute Gasteiger partial charge is 0.476 e. The Hall–Kier alpha value is -5.03. The smallest absolute Gasteiger partial charge is 0.357 e. The Kier molecular flexibility index (Phi) is 7.86. The third-order valence-corrected chi connectivity index (χ3v) is 5.48. The van der Waals surface area contributed by atoms with Crippen molar-refractivity contribution < 1.29 is 14.7 Å². The normalized spacial score (nSPS) is 10.4. The molecule has 188 valence electrons. The van der Waals surface area contributed by atoms with Crippen molar-refractivity contribution in [3.05, 3.63) is 89.9 Å². The fraction of sp³-hybridized carbons (Fsp3) is 0.115. The molecule has 6 aromatic rings. The van der Waals surface area contributed by atoms with Gasteiger partial charge < -0.3 is 15.7 Å². The van der Waals surface area contributed by atoms with Crippen molar-refractivity contribution in [1.82, 2.24) is 41.2 Å². The zero-order chi connectivity index (χ0) is 26.2. The second-order valence-corrected chi connectivity index (χ2v) is 7.87. The van der Waals surface area contributed by atoms with Crippen LogP contribution < -0.4 is 10.6 Å². The summed E-state index contributed by atoms with van der Waals surface area (Å²) in [7, 11) is 3.52. The predicted molar refractivity (Wildman–Crippen MR) is 141 cm³/mol. The van der Waals surface area contributed by atoms with Crippen LogP contribution in [0, 0.1) is 0 Å². The molecule has 0 spiro atoms. The Labute approximate surface area is 211 Å². The lowest BCUT2D eigenvalue weighted by molar-refractivity contribution is 0.0692. The first-order valence-electron chi connectivity index (χ1n) is 11.4. The van der Waals surface area contributed by atoms with Gasteiger partial charge in [0.15, 0.2) is 11.4 Å². The van der Waals surface area contributed by atoms with Crippen molar-refractivity contribution in [2.75, 3.05) is 14.1 Å². The van der Waals surface area contributed by atoms with Crippen LogP contribution in [0.15, 0.2) is 72.8 Å². The summed E-state index contributed by atoms with van der Waals surface area (Å²) >= 11 is 0. The first kappa shape index (κ1) is 25.1. The van der Waals surface area contributed by atoms with Crippen LogP contribution in [0.4, 0.5) is 0 Å². The highest BCUT2D eigenvalue weighted by atomic mass is 16.4. The van der Waals surface area contributed by atoms with Crippen molar-refractivity contribution in [1.29, 1.82) is 0 Å². The molecule has 3 aromatic carbocycles. The summed E-state index contributed by atoms with van der Waals surface area (Å²) in [5, 5.41) is 37.2. The molecule has 6 rings (SSSR count). The van der Waals surface area contributed by atoms with E-state index in [0.29, 0.717) is 11.1 Å². The first-order valence-corrected chi connectivity index (χ1v) is 11.4. The molecule has 0 unspecified atom stereocenters. The van der Waals surface area contributed by atoms with E-state index in [9.17, 15) is 9.59 Å². The van der Waals surface area contributed by atoms with Crippen LogP contribution in [0.1, 0.15) is 26.7 Å². The molecule has 0 aliphatic heterocycles. The Bertz CT molecular complexity index is 1650. The number of nitrogens with one attached hydrogen (secondary N) is 5. The van der Waals surface area contributed by atoms with Gasteiger partial charge >= 0.3 is 5.97 Å². The van der Waals surface area contributed by atoms with E-state index in [4.69, 9.17) is 5.11 Å². The van der Waals surface area contributed by atoms with Crippen molar-refractivity contribution in [3.63, 3.8) is 0 Å². The lowest BCUT2D eigenvalue weighted by Gasteiger charge is -1.94. The number of aromatic nitrogens is 6. The fourth-order valence-electron chi connectivity index (χ4n) is 3.71. The molecule has 0 bridgehead atoms. The van der Waals surface area contributed by atoms with Gasteiger partial charge in [0.2, 0.25) is 0 Å². The number of rotatable bonds is 4. The maximum absolute atomic E-state index is 11.3. The molecule has 1 amide bonds. The highest BCUT2D eigenvalue weighted by molar-refractivity contribution is 6.04. The molecule has 0 saturated carbocycles. The topological polar surface area (TPSA) is 164 Å². The van der Waals surface area contributed by atoms with Gasteiger partial charge in [0, 0.05) is 29.8 Å². The number of para-hydroxylation sites is 3. The number of carbonyl (C=O) groups excluding carboxylic acids is 1. The number of carboxylic acids is 1. The van der Waals surface area contributed by atoms with Gasteiger partial charge in [-0.15, -0.1) is 0 Å². The second kappa shape index (κ2) is 11.6. The third-order valence-electron chi connectivity index (χ3n) is 5.48. The molecule has 3 aromatic heterocycles. The van der Waals surface area contributed by atoms with E-state index in [-0.39, 0.29) is 11.6 Å².